The monoisotopic (exact) mass is 281 g/mol. The summed E-state index contributed by atoms with van der Waals surface area (Å²) in [4.78, 5) is 26.5. The Labute approximate surface area is 117 Å². The van der Waals surface area contributed by atoms with Crippen molar-refractivity contribution in [1.82, 2.24) is 4.90 Å². The molecule has 1 aromatic heterocycles. The van der Waals surface area contributed by atoms with Gasteiger partial charge in [-0.1, -0.05) is 6.07 Å². The molecule has 0 saturated carbocycles. The number of hydrogen-bond acceptors (Lipinski definition) is 3. The minimum absolute atomic E-state index is 0.0525. The van der Waals surface area contributed by atoms with E-state index in [0.717, 1.165) is 19.4 Å². The van der Waals surface area contributed by atoms with E-state index in [9.17, 15) is 9.59 Å². The highest BCUT2D eigenvalue weighted by Crippen LogP contribution is 2.36. The first kappa shape index (κ1) is 14.1. The summed E-state index contributed by atoms with van der Waals surface area (Å²) >= 11 is 1.66. The van der Waals surface area contributed by atoms with Crippen molar-refractivity contribution in [3.63, 3.8) is 0 Å². The van der Waals surface area contributed by atoms with Crippen LogP contribution in [0.5, 0.6) is 0 Å². The van der Waals surface area contributed by atoms with Gasteiger partial charge < -0.3 is 10.0 Å². The molecule has 4 nitrogen and oxygen atoms in total. The van der Waals surface area contributed by atoms with Crippen molar-refractivity contribution < 1.29 is 14.7 Å². The van der Waals surface area contributed by atoms with Gasteiger partial charge >= 0.3 is 5.97 Å². The highest BCUT2D eigenvalue weighted by molar-refractivity contribution is 7.10. The number of thiophene rings is 1. The molecule has 1 saturated heterocycles. The molecule has 1 aromatic rings. The molecule has 2 rings (SSSR count). The number of carbonyl (C=O) groups is 2. The Morgan fingerprint density at radius 2 is 2.26 bits per heavy atom. The molecule has 0 bridgehead atoms. The molecule has 1 fully saturated rings. The molecule has 1 aliphatic heterocycles. The SMILES string of the molecule is CC(C)(CC(=O)N1CCCC1c1cccs1)C(=O)O. The maximum atomic E-state index is 12.3. The van der Waals surface area contributed by atoms with Crippen LogP contribution in [0.25, 0.3) is 0 Å². The van der Waals surface area contributed by atoms with E-state index < -0.39 is 11.4 Å². The molecule has 104 valence electrons. The molecule has 2 heterocycles. The van der Waals surface area contributed by atoms with E-state index in [0.29, 0.717) is 0 Å². The summed E-state index contributed by atoms with van der Waals surface area (Å²) in [6.07, 6.45) is 2.02. The summed E-state index contributed by atoms with van der Waals surface area (Å²) in [6, 6.07) is 4.17. The molecule has 0 aliphatic carbocycles. The summed E-state index contributed by atoms with van der Waals surface area (Å²) in [5, 5.41) is 11.1. The molecule has 1 amide bonds. The molecule has 0 radical (unpaired) electrons. The third-order valence-corrected chi connectivity index (χ3v) is 4.59. The second-order valence-electron chi connectivity index (χ2n) is 5.63. The van der Waals surface area contributed by atoms with Crippen molar-refractivity contribution in [1.29, 1.82) is 0 Å². The quantitative estimate of drug-likeness (QED) is 0.923. The molecule has 19 heavy (non-hydrogen) atoms. The molecule has 0 aromatic carbocycles. The average molecular weight is 281 g/mol. The Morgan fingerprint density at radius 1 is 1.53 bits per heavy atom. The molecule has 1 atom stereocenters. The van der Waals surface area contributed by atoms with E-state index in [4.69, 9.17) is 5.11 Å². The summed E-state index contributed by atoms with van der Waals surface area (Å²) < 4.78 is 0. The van der Waals surface area contributed by atoms with E-state index in [1.165, 1.54) is 4.88 Å². The first-order valence-corrected chi connectivity index (χ1v) is 7.36. The van der Waals surface area contributed by atoms with Crippen molar-refractivity contribution in [3.8, 4) is 0 Å². The molecule has 1 aliphatic rings. The topological polar surface area (TPSA) is 57.6 Å². The van der Waals surface area contributed by atoms with Crippen LogP contribution in [-0.2, 0) is 9.59 Å². The summed E-state index contributed by atoms with van der Waals surface area (Å²) in [5.41, 5.74) is -1.00. The second-order valence-corrected chi connectivity index (χ2v) is 6.61. The van der Waals surface area contributed by atoms with Gasteiger partial charge in [0.05, 0.1) is 11.5 Å². The third-order valence-electron chi connectivity index (χ3n) is 3.62. The number of nitrogens with zero attached hydrogens (tertiary/aromatic N) is 1. The maximum absolute atomic E-state index is 12.3. The number of carboxylic acids is 1. The number of aliphatic carboxylic acids is 1. The van der Waals surface area contributed by atoms with Gasteiger partial charge in [0.25, 0.3) is 0 Å². The van der Waals surface area contributed by atoms with E-state index in [2.05, 4.69) is 0 Å². The molecule has 1 unspecified atom stereocenters. The fraction of sp³-hybridized carbons (Fsp3) is 0.571. The van der Waals surface area contributed by atoms with Crippen LogP contribution in [0, 0.1) is 5.41 Å². The number of carboxylic acid groups (broad SMARTS) is 1. The summed E-state index contributed by atoms with van der Waals surface area (Å²) in [7, 11) is 0. The average Bonchev–Trinajstić information content (AvgIpc) is 2.99. The lowest BCUT2D eigenvalue weighted by molar-refractivity contribution is -0.151. The van der Waals surface area contributed by atoms with E-state index in [-0.39, 0.29) is 18.4 Å². The van der Waals surface area contributed by atoms with Crippen molar-refractivity contribution in [2.45, 2.75) is 39.2 Å². The number of carbonyl (C=O) groups excluding carboxylic acids is 1. The Morgan fingerprint density at radius 3 is 2.84 bits per heavy atom. The Kier molecular flexibility index (Phi) is 3.94. The van der Waals surface area contributed by atoms with Gasteiger partial charge in [0.1, 0.15) is 0 Å². The van der Waals surface area contributed by atoms with E-state index in [1.807, 2.05) is 22.4 Å². The van der Waals surface area contributed by atoms with E-state index in [1.54, 1.807) is 25.2 Å². The van der Waals surface area contributed by atoms with Crippen molar-refractivity contribution in [3.05, 3.63) is 22.4 Å². The van der Waals surface area contributed by atoms with Crippen LogP contribution in [0.1, 0.15) is 44.0 Å². The lowest BCUT2D eigenvalue weighted by Crippen LogP contribution is -2.36. The predicted octanol–water partition coefficient (Wildman–Crippen LogP) is 2.91. The Bertz CT molecular complexity index is 467. The summed E-state index contributed by atoms with van der Waals surface area (Å²) in [5.74, 6) is -0.976. The van der Waals surface area contributed by atoms with Crippen molar-refractivity contribution >= 4 is 23.2 Å². The van der Waals surface area contributed by atoms with Crippen LogP contribution in [0.3, 0.4) is 0 Å². The van der Waals surface area contributed by atoms with Gasteiger partial charge in [0, 0.05) is 17.8 Å². The standard InChI is InChI=1S/C14H19NO3S/c1-14(2,13(17)18)9-12(16)15-7-3-5-10(15)11-6-4-8-19-11/h4,6,8,10H,3,5,7,9H2,1-2H3,(H,17,18). The zero-order valence-corrected chi connectivity index (χ0v) is 12.1. The largest absolute Gasteiger partial charge is 0.481 e. The van der Waals surface area contributed by atoms with Gasteiger partial charge in [-0.05, 0) is 38.1 Å². The third kappa shape index (κ3) is 2.97. The van der Waals surface area contributed by atoms with Gasteiger partial charge in [-0.15, -0.1) is 11.3 Å². The zero-order valence-electron chi connectivity index (χ0n) is 11.3. The fourth-order valence-corrected chi connectivity index (χ4v) is 3.27. The van der Waals surface area contributed by atoms with Crippen LogP contribution in [0.4, 0.5) is 0 Å². The van der Waals surface area contributed by atoms with Crippen LogP contribution in [0.15, 0.2) is 17.5 Å². The minimum Gasteiger partial charge on any atom is -0.481 e. The lowest BCUT2D eigenvalue weighted by atomic mass is 9.89. The molecule has 0 spiro atoms. The first-order chi connectivity index (χ1) is 8.92. The molecule has 1 N–H and O–H groups in total. The van der Waals surface area contributed by atoms with Crippen LogP contribution in [-0.4, -0.2) is 28.4 Å². The van der Waals surface area contributed by atoms with Gasteiger partial charge in [-0.3, -0.25) is 9.59 Å². The number of likely N-dealkylation sites (tertiary alicyclic amines) is 1. The zero-order chi connectivity index (χ0) is 14.0. The van der Waals surface area contributed by atoms with Gasteiger partial charge in [-0.25, -0.2) is 0 Å². The molecule has 5 heteroatoms. The Hall–Kier alpha value is -1.36. The number of hydrogen-bond donors (Lipinski definition) is 1. The van der Waals surface area contributed by atoms with Gasteiger partial charge in [0.2, 0.25) is 5.91 Å². The normalized spacial score (nSPS) is 19.7. The first-order valence-electron chi connectivity index (χ1n) is 6.48. The van der Waals surface area contributed by atoms with Crippen LogP contribution < -0.4 is 0 Å². The predicted molar refractivity (Wildman–Crippen MR) is 74.0 cm³/mol. The van der Waals surface area contributed by atoms with E-state index >= 15 is 0 Å². The highest BCUT2D eigenvalue weighted by Gasteiger charge is 2.36. The smallest absolute Gasteiger partial charge is 0.309 e. The van der Waals surface area contributed by atoms with Crippen molar-refractivity contribution in [2.75, 3.05) is 6.54 Å². The van der Waals surface area contributed by atoms with Gasteiger partial charge in [-0.2, -0.15) is 0 Å². The molecular weight excluding hydrogens is 262 g/mol. The summed E-state index contributed by atoms with van der Waals surface area (Å²) in [6.45, 7) is 3.93. The van der Waals surface area contributed by atoms with Crippen molar-refractivity contribution in [2.24, 2.45) is 5.41 Å². The minimum atomic E-state index is -1.00. The second kappa shape index (κ2) is 5.33. The van der Waals surface area contributed by atoms with Crippen LogP contribution in [0.2, 0.25) is 0 Å². The van der Waals surface area contributed by atoms with Gasteiger partial charge in [0.15, 0.2) is 0 Å². The molecular formula is C14H19NO3S. The fourth-order valence-electron chi connectivity index (χ4n) is 2.40. The highest BCUT2D eigenvalue weighted by atomic mass is 32.1. The maximum Gasteiger partial charge on any atom is 0.309 e. The number of rotatable bonds is 4. The number of amides is 1. The van der Waals surface area contributed by atoms with Crippen LogP contribution >= 0.6 is 11.3 Å². The Balaban J connectivity index is 2.08. The lowest BCUT2D eigenvalue weighted by Gasteiger charge is -2.27.